The zero-order valence-electron chi connectivity index (χ0n) is 31.1. The second-order valence-electron chi connectivity index (χ2n) is 14.5. The first-order chi connectivity index (χ1) is 25.6. The zero-order chi connectivity index (χ0) is 38.8. The molecule has 4 fully saturated rings. The van der Waals surface area contributed by atoms with E-state index in [9.17, 15) is 34.0 Å². The third-order valence-corrected chi connectivity index (χ3v) is 10.9. The second kappa shape index (κ2) is 22.9. The summed E-state index contributed by atoms with van der Waals surface area (Å²) in [5.41, 5.74) is 11.8. The van der Waals surface area contributed by atoms with Crippen LogP contribution < -0.4 is 11.5 Å². The van der Waals surface area contributed by atoms with Crippen molar-refractivity contribution >= 4 is 36.4 Å². The number of amides is 6. The van der Waals surface area contributed by atoms with E-state index in [-0.39, 0.29) is 37.4 Å². The molecule has 53 heavy (non-hydrogen) atoms. The van der Waals surface area contributed by atoms with Crippen LogP contribution in [-0.2, 0) is 40.2 Å². The first-order valence-electron chi connectivity index (χ1n) is 19.0. The lowest BCUT2D eigenvalue weighted by atomic mass is 9.91. The van der Waals surface area contributed by atoms with Crippen LogP contribution in [0.15, 0.2) is 30.3 Å². The van der Waals surface area contributed by atoms with Crippen molar-refractivity contribution < 1.29 is 43.9 Å². The van der Waals surface area contributed by atoms with E-state index in [2.05, 4.69) is 0 Å². The molecular formula is C38H60N6O9. The Morgan fingerprint density at radius 2 is 1.19 bits per heavy atom. The average molecular weight is 745 g/mol. The molecule has 2 saturated carbocycles. The van der Waals surface area contributed by atoms with Crippen LogP contribution in [0.4, 0.5) is 0 Å². The number of carbonyl (C=O) groups is 6. The van der Waals surface area contributed by atoms with Crippen molar-refractivity contribution in [2.75, 3.05) is 33.3 Å². The number of hydrogen-bond donors (Lipinski definition) is 4. The Labute approximate surface area is 312 Å². The largest absolute Gasteiger partial charge is 0.400 e. The van der Waals surface area contributed by atoms with E-state index in [4.69, 9.17) is 21.4 Å². The molecule has 5 rings (SSSR count). The zero-order valence-corrected chi connectivity index (χ0v) is 31.1. The number of nitrogens with zero attached hydrogens (tertiary/aromatic N) is 4. The van der Waals surface area contributed by atoms with Crippen LogP contribution in [0, 0.1) is 23.7 Å². The van der Waals surface area contributed by atoms with E-state index < -0.39 is 29.8 Å². The standard InChI is InChI=1S/C22H31N3O4.C15H25N3O4.CH4O/c23-21(27)20-11-6-12-25(20)22(28)19(13-17-7-4-5-8-17)14-24(16-26)29-15-18-9-2-1-3-10-18;16-14(20)13-6-3-7-18(13)15(21)12(9-17(22)10-19)8-11-4-1-2-5-11;1-2/h1-3,9-10,16-17,19-20H,4-8,11-15H2,(H2,23,27);10-13,22H,1-9H2,(H2,16,20);2H,1H3/t19-,20+;12-,13+;/m11./s1. The van der Waals surface area contributed by atoms with Crippen molar-refractivity contribution in [3.05, 3.63) is 35.9 Å². The highest BCUT2D eigenvalue weighted by Gasteiger charge is 2.39. The molecule has 6 N–H and O–H groups in total. The summed E-state index contributed by atoms with van der Waals surface area (Å²) in [4.78, 5) is 80.4. The number of nitrogens with two attached hydrogens (primary N) is 2. The summed E-state index contributed by atoms with van der Waals surface area (Å²) < 4.78 is 0. The highest BCUT2D eigenvalue weighted by molar-refractivity contribution is 5.89. The number of carbonyl (C=O) groups excluding carboxylic acids is 6. The summed E-state index contributed by atoms with van der Waals surface area (Å²) in [6.45, 7) is 1.48. The maximum Gasteiger partial charge on any atom is 0.240 e. The molecule has 1 aromatic carbocycles. The van der Waals surface area contributed by atoms with Gasteiger partial charge in [-0.15, -0.1) is 0 Å². The number of likely N-dealkylation sites (tertiary alicyclic amines) is 2. The molecular weight excluding hydrogens is 684 g/mol. The Balaban J connectivity index is 0.000000282. The number of aliphatic hydroxyl groups is 1. The molecule has 2 heterocycles. The fourth-order valence-electron chi connectivity index (χ4n) is 8.27. The fourth-order valence-corrected chi connectivity index (χ4v) is 8.27. The molecule has 15 nitrogen and oxygen atoms in total. The number of hydroxylamine groups is 4. The van der Waals surface area contributed by atoms with E-state index in [0.29, 0.717) is 68.5 Å². The van der Waals surface area contributed by atoms with Gasteiger partial charge in [-0.1, -0.05) is 81.7 Å². The van der Waals surface area contributed by atoms with Gasteiger partial charge in [0.25, 0.3) is 0 Å². The molecule has 0 unspecified atom stereocenters. The quantitative estimate of drug-likeness (QED) is 0.104. The first-order valence-corrected chi connectivity index (χ1v) is 19.0. The minimum Gasteiger partial charge on any atom is -0.400 e. The van der Waals surface area contributed by atoms with Gasteiger partial charge in [0, 0.05) is 20.2 Å². The third-order valence-electron chi connectivity index (χ3n) is 10.9. The maximum absolute atomic E-state index is 13.3. The van der Waals surface area contributed by atoms with Crippen molar-refractivity contribution in [2.45, 2.75) is 109 Å². The van der Waals surface area contributed by atoms with Crippen LogP contribution in [0.3, 0.4) is 0 Å². The molecule has 15 heteroatoms. The van der Waals surface area contributed by atoms with Gasteiger partial charge in [-0.05, 0) is 55.9 Å². The van der Waals surface area contributed by atoms with Gasteiger partial charge in [-0.3, -0.25) is 38.8 Å². The van der Waals surface area contributed by atoms with Crippen molar-refractivity contribution in [1.82, 2.24) is 19.9 Å². The summed E-state index contributed by atoms with van der Waals surface area (Å²) in [6, 6.07) is 8.49. The highest BCUT2D eigenvalue weighted by Crippen LogP contribution is 2.34. The second-order valence-corrected chi connectivity index (χ2v) is 14.5. The Morgan fingerprint density at radius 1 is 0.736 bits per heavy atom. The van der Waals surface area contributed by atoms with Gasteiger partial charge >= 0.3 is 0 Å². The summed E-state index contributed by atoms with van der Waals surface area (Å²) in [5, 5.41) is 18.2. The normalized spacial score (nSPS) is 21.1. The van der Waals surface area contributed by atoms with Crippen LogP contribution in [-0.4, -0.2) is 112 Å². The number of aliphatic hydroxyl groups excluding tert-OH is 1. The lowest BCUT2D eigenvalue weighted by Crippen LogP contribution is -2.48. The van der Waals surface area contributed by atoms with Crippen LogP contribution >= 0.6 is 0 Å². The van der Waals surface area contributed by atoms with E-state index in [1.165, 1.54) is 22.8 Å². The predicted octanol–water partition coefficient (Wildman–Crippen LogP) is 2.36. The van der Waals surface area contributed by atoms with E-state index in [1.807, 2.05) is 30.3 Å². The predicted molar refractivity (Wildman–Crippen MR) is 195 cm³/mol. The van der Waals surface area contributed by atoms with Crippen molar-refractivity contribution in [3.8, 4) is 0 Å². The summed E-state index contributed by atoms with van der Waals surface area (Å²) in [5.74, 6) is -1.14. The Kier molecular flexibility index (Phi) is 18.7. The Morgan fingerprint density at radius 3 is 1.60 bits per heavy atom. The third kappa shape index (κ3) is 13.4. The van der Waals surface area contributed by atoms with E-state index in [0.717, 1.165) is 64.0 Å². The summed E-state index contributed by atoms with van der Waals surface area (Å²) in [6.07, 6.45) is 14.1. The molecule has 0 radical (unpaired) electrons. The van der Waals surface area contributed by atoms with Crippen LogP contribution in [0.2, 0.25) is 0 Å². The molecule has 2 saturated heterocycles. The number of primary amides is 2. The van der Waals surface area contributed by atoms with Gasteiger partial charge in [0.15, 0.2) is 0 Å². The number of rotatable bonds is 17. The van der Waals surface area contributed by atoms with Crippen LogP contribution in [0.5, 0.6) is 0 Å². The monoisotopic (exact) mass is 744 g/mol. The summed E-state index contributed by atoms with van der Waals surface area (Å²) in [7, 11) is 1.00. The molecule has 2 aliphatic heterocycles. The number of benzene rings is 1. The maximum atomic E-state index is 13.3. The Bertz CT molecular complexity index is 1310. The average Bonchev–Trinajstić information content (AvgIpc) is 4.02. The first kappa shape index (κ1) is 43.3. The molecule has 0 bridgehead atoms. The van der Waals surface area contributed by atoms with Gasteiger partial charge in [0.1, 0.15) is 18.7 Å². The molecule has 1 aromatic rings. The molecule has 4 aliphatic rings. The molecule has 4 atom stereocenters. The Hall–Kier alpha value is -4.08. The van der Waals surface area contributed by atoms with Gasteiger partial charge in [0.2, 0.25) is 36.4 Å². The highest BCUT2D eigenvalue weighted by atomic mass is 16.7. The van der Waals surface area contributed by atoms with Gasteiger partial charge in [-0.2, -0.15) is 0 Å². The SMILES string of the molecule is CO.NC(=O)[C@@H]1CCCN1C(=O)[C@H](CC1CCCC1)CN(C=O)OCc1ccccc1.NC(=O)[C@@H]1CCCN1C(=O)[C@H](CC1CCCC1)CN(O)C=O. The van der Waals surface area contributed by atoms with Crippen molar-refractivity contribution in [1.29, 1.82) is 0 Å². The van der Waals surface area contributed by atoms with Crippen molar-refractivity contribution in [3.63, 3.8) is 0 Å². The molecule has 6 amide bonds. The van der Waals surface area contributed by atoms with Crippen LogP contribution in [0.1, 0.15) is 95.5 Å². The van der Waals surface area contributed by atoms with E-state index >= 15 is 0 Å². The summed E-state index contributed by atoms with van der Waals surface area (Å²) >= 11 is 0. The lowest BCUT2D eigenvalue weighted by Gasteiger charge is -2.30. The lowest BCUT2D eigenvalue weighted by molar-refractivity contribution is -0.183. The van der Waals surface area contributed by atoms with E-state index in [1.54, 1.807) is 4.90 Å². The molecule has 2 aliphatic carbocycles. The van der Waals surface area contributed by atoms with Gasteiger partial charge < -0.3 is 26.4 Å². The molecule has 0 spiro atoms. The molecule has 296 valence electrons. The van der Waals surface area contributed by atoms with Crippen molar-refractivity contribution in [2.24, 2.45) is 35.1 Å². The number of hydrogen-bond acceptors (Lipinski definition) is 9. The van der Waals surface area contributed by atoms with Gasteiger partial charge in [-0.25, -0.2) is 10.1 Å². The topological polar surface area (TPSA) is 217 Å². The smallest absolute Gasteiger partial charge is 0.240 e. The molecule has 0 aromatic heterocycles. The van der Waals surface area contributed by atoms with Gasteiger partial charge in [0.05, 0.1) is 24.9 Å². The van der Waals surface area contributed by atoms with Crippen LogP contribution in [0.25, 0.3) is 0 Å². The minimum absolute atomic E-state index is 0.0270. The minimum atomic E-state index is -0.554. The fraction of sp³-hybridized carbons (Fsp3) is 0.684.